The Balaban J connectivity index is 1.76. The summed E-state index contributed by atoms with van der Waals surface area (Å²) >= 11 is 0. The molecule has 21 heavy (non-hydrogen) atoms. The molecule has 1 heterocycles. The highest BCUT2D eigenvalue weighted by molar-refractivity contribution is 5.89. The Kier molecular flexibility index (Phi) is 3.82. The highest BCUT2D eigenvalue weighted by Gasteiger charge is 2.17. The number of carbonyl (C=O) groups excluding carboxylic acids is 1. The second kappa shape index (κ2) is 5.76. The summed E-state index contributed by atoms with van der Waals surface area (Å²) in [5.74, 6) is 0.883. The average Bonchev–Trinajstić information content (AvgIpc) is 2.78. The monoisotopic (exact) mass is 286 g/mol. The van der Waals surface area contributed by atoms with Gasteiger partial charge in [0.25, 0.3) is 0 Å². The molecule has 1 aromatic heterocycles. The first-order chi connectivity index (χ1) is 10.1. The number of nitrogens with zero attached hydrogens (tertiary/aromatic N) is 2. The lowest BCUT2D eigenvalue weighted by Gasteiger charge is -2.23. The van der Waals surface area contributed by atoms with Crippen molar-refractivity contribution in [3.8, 4) is 0 Å². The maximum absolute atomic E-state index is 12.3. The molecular formula is C16H22N4O. The highest BCUT2D eigenvalue weighted by Crippen LogP contribution is 2.22. The van der Waals surface area contributed by atoms with Crippen LogP contribution in [0.2, 0.25) is 0 Å². The number of nitrogens with one attached hydrogen (secondary N) is 1. The number of fused-ring (bicyclic) bond motifs is 1. The van der Waals surface area contributed by atoms with Gasteiger partial charge in [-0.2, -0.15) is 0 Å². The molecule has 0 aliphatic heterocycles. The van der Waals surface area contributed by atoms with Gasteiger partial charge in [-0.3, -0.25) is 4.79 Å². The number of nitrogen functional groups attached to an aromatic ring is 1. The van der Waals surface area contributed by atoms with Crippen LogP contribution in [0.4, 0.5) is 5.69 Å². The molecule has 1 aromatic carbocycles. The van der Waals surface area contributed by atoms with E-state index in [1.165, 1.54) is 19.3 Å². The van der Waals surface area contributed by atoms with Crippen molar-refractivity contribution in [1.29, 1.82) is 0 Å². The lowest BCUT2D eigenvalue weighted by atomic mass is 9.95. The highest BCUT2D eigenvalue weighted by atomic mass is 16.2. The van der Waals surface area contributed by atoms with Gasteiger partial charge in [0.15, 0.2) is 0 Å². The van der Waals surface area contributed by atoms with E-state index in [0.717, 1.165) is 29.7 Å². The van der Waals surface area contributed by atoms with Crippen molar-refractivity contribution in [2.24, 2.45) is 0 Å². The van der Waals surface area contributed by atoms with Crippen LogP contribution in [0.1, 0.15) is 37.9 Å². The predicted octanol–water partition coefficient (Wildman–Crippen LogP) is 2.38. The number of hydrogen-bond acceptors (Lipinski definition) is 3. The van der Waals surface area contributed by atoms with Crippen LogP contribution in [0.15, 0.2) is 18.2 Å². The summed E-state index contributed by atoms with van der Waals surface area (Å²) in [5, 5.41) is 3.14. The number of aromatic nitrogens is 2. The molecule has 3 N–H and O–H groups in total. The van der Waals surface area contributed by atoms with Crippen molar-refractivity contribution in [2.75, 3.05) is 5.73 Å². The zero-order valence-electron chi connectivity index (χ0n) is 12.4. The Labute approximate surface area is 124 Å². The van der Waals surface area contributed by atoms with E-state index in [2.05, 4.69) is 10.3 Å². The van der Waals surface area contributed by atoms with Gasteiger partial charge < -0.3 is 15.6 Å². The zero-order valence-corrected chi connectivity index (χ0v) is 12.4. The summed E-state index contributed by atoms with van der Waals surface area (Å²) in [5.41, 5.74) is 8.30. The van der Waals surface area contributed by atoms with Gasteiger partial charge in [0.1, 0.15) is 17.9 Å². The van der Waals surface area contributed by atoms with Gasteiger partial charge in [0.2, 0.25) is 5.91 Å². The van der Waals surface area contributed by atoms with Gasteiger partial charge >= 0.3 is 0 Å². The fourth-order valence-corrected chi connectivity index (χ4v) is 3.15. The first-order valence-electron chi connectivity index (χ1n) is 7.66. The van der Waals surface area contributed by atoms with Crippen LogP contribution in [0.3, 0.4) is 0 Å². The van der Waals surface area contributed by atoms with Crippen LogP contribution in [-0.4, -0.2) is 21.5 Å². The minimum atomic E-state index is 0.0618. The summed E-state index contributed by atoms with van der Waals surface area (Å²) in [4.78, 5) is 16.7. The Hall–Kier alpha value is -2.04. The molecule has 0 bridgehead atoms. The molecule has 1 aliphatic carbocycles. The maximum Gasteiger partial charge on any atom is 0.240 e. The minimum Gasteiger partial charge on any atom is -0.397 e. The Morgan fingerprint density at radius 2 is 2.14 bits per heavy atom. The summed E-state index contributed by atoms with van der Waals surface area (Å²) in [6.45, 7) is 2.22. The van der Waals surface area contributed by atoms with E-state index in [-0.39, 0.29) is 5.91 Å². The van der Waals surface area contributed by atoms with Crippen LogP contribution < -0.4 is 11.1 Å². The molecule has 0 atom stereocenters. The normalized spacial score (nSPS) is 16.2. The summed E-state index contributed by atoms with van der Waals surface area (Å²) in [6, 6.07) is 6.03. The van der Waals surface area contributed by atoms with E-state index in [4.69, 9.17) is 5.73 Å². The van der Waals surface area contributed by atoms with Gasteiger partial charge in [-0.1, -0.05) is 25.3 Å². The number of amides is 1. The third-order valence-electron chi connectivity index (χ3n) is 4.27. The van der Waals surface area contributed by atoms with E-state index < -0.39 is 0 Å². The first-order valence-corrected chi connectivity index (χ1v) is 7.66. The van der Waals surface area contributed by atoms with Gasteiger partial charge in [0, 0.05) is 6.04 Å². The molecule has 0 saturated heterocycles. The minimum absolute atomic E-state index is 0.0618. The summed E-state index contributed by atoms with van der Waals surface area (Å²) in [7, 11) is 0. The Bertz CT molecular complexity index is 656. The summed E-state index contributed by atoms with van der Waals surface area (Å²) < 4.78 is 1.93. The molecule has 112 valence electrons. The topological polar surface area (TPSA) is 72.9 Å². The quantitative estimate of drug-likeness (QED) is 0.851. The van der Waals surface area contributed by atoms with Gasteiger partial charge in [-0.25, -0.2) is 4.98 Å². The molecule has 0 radical (unpaired) electrons. The van der Waals surface area contributed by atoms with Crippen molar-refractivity contribution in [2.45, 2.75) is 51.6 Å². The van der Waals surface area contributed by atoms with Gasteiger partial charge in [-0.15, -0.1) is 0 Å². The van der Waals surface area contributed by atoms with E-state index >= 15 is 0 Å². The number of imidazole rings is 1. The van der Waals surface area contributed by atoms with Crippen molar-refractivity contribution in [1.82, 2.24) is 14.9 Å². The van der Waals surface area contributed by atoms with Crippen LogP contribution in [0, 0.1) is 6.92 Å². The molecule has 1 saturated carbocycles. The maximum atomic E-state index is 12.3. The number of benzene rings is 1. The number of hydrogen-bond donors (Lipinski definition) is 2. The van der Waals surface area contributed by atoms with E-state index in [0.29, 0.717) is 18.3 Å². The number of para-hydroxylation sites is 1. The van der Waals surface area contributed by atoms with Crippen molar-refractivity contribution < 1.29 is 4.79 Å². The summed E-state index contributed by atoms with van der Waals surface area (Å²) in [6.07, 6.45) is 5.92. The van der Waals surface area contributed by atoms with E-state index in [9.17, 15) is 4.79 Å². The van der Waals surface area contributed by atoms with Crippen molar-refractivity contribution in [3.05, 3.63) is 24.0 Å². The standard InChI is InChI=1S/C16H22N4O/c1-11-18-16-13(17)8-5-9-14(16)20(11)10-15(21)19-12-6-3-2-4-7-12/h5,8-9,12H,2-4,6-7,10,17H2,1H3,(H,19,21). The number of carbonyl (C=O) groups is 1. The molecular weight excluding hydrogens is 264 g/mol. The lowest BCUT2D eigenvalue weighted by Crippen LogP contribution is -2.38. The zero-order chi connectivity index (χ0) is 14.8. The molecule has 3 rings (SSSR count). The van der Waals surface area contributed by atoms with Crippen LogP contribution in [-0.2, 0) is 11.3 Å². The third kappa shape index (κ3) is 2.86. The second-order valence-electron chi connectivity index (χ2n) is 5.86. The molecule has 0 spiro atoms. The van der Waals surface area contributed by atoms with Gasteiger partial charge in [0.05, 0.1) is 11.2 Å². The number of anilines is 1. The van der Waals surface area contributed by atoms with Crippen molar-refractivity contribution in [3.63, 3.8) is 0 Å². The molecule has 5 heteroatoms. The molecule has 1 fully saturated rings. The molecule has 5 nitrogen and oxygen atoms in total. The molecule has 2 aromatic rings. The SMILES string of the molecule is Cc1nc2c(N)cccc2n1CC(=O)NC1CCCCC1. The number of aryl methyl sites for hydroxylation is 1. The fraction of sp³-hybridized carbons (Fsp3) is 0.500. The largest absolute Gasteiger partial charge is 0.397 e. The smallest absolute Gasteiger partial charge is 0.240 e. The number of rotatable bonds is 3. The van der Waals surface area contributed by atoms with Crippen molar-refractivity contribution >= 4 is 22.6 Å². The first kappa shape index (κ1) is 13.9. The van der Waals surface area contributed by atoms with E-state index in [1.54, 1.807) is 0 Å². The predicted molar refractivity (Wildman–Crippen MR) is 83.9 cm³/mol. The molecule has 1 amide bonds. The van der Waals surface area contributed by atoms with Crippen LogP contribution >= 0.6 is 0 Å². The Morgan fingerprint density at radius 1 is 1.38 bits per heavy atom. The Morgan fingerprint density at radius 3 is 2.90 bits per heavy atom. The van der Waals surface area contributed by atoms with Crippen LogP contribution in [0.5, 0.6) is 0 Å². The van der Waals surface area contributed by atoms with Gasteiger partial charge in [-0.05, 0) is 31.9 Å². The third-order valence-corrected chi connectivity index (χ3v) is 4.27. The van der Waals surface area contributed by atoms with Crippen LogP contribution in [0.25, 0.3) is 11.0 Å². The average molecular weight is 286 g/mol. The number of nitrogens with two attached hydrogens (primary N) is 1. The molecule has 1 aliphatic rings. The lowest BCUT2D eigenvalue weighted by molar-refractivity contribution is -0.122. The fourth-order valence-electron chi connectivity index (χ4n) is 3.15. The second-order valence-corrected chi connectivity index (χ2v) is 5.86. The van der Waals surface area contributed by atoms with E-state index in [1.807, 2.05) is 29.7 Å². The molecule has 0 unspecified atom stereocenters.